The Bertz CT molecular complexity index is 1580. The first-order valence-corrected chi connectivity index (χ1v) is 15.3. The highest BCUT2D eigenvalue weighted by molar-refractivity contribution is 7.19. The molecule has 0 spiro atoms. The molecule has 2 aromatic heterocycles. The fourth-order valence-electron chi connectivity index (χ4n) is 4.65. The Morgan fingerprint density at radius 2 is 1.63 bits per heavy atom. The molecule has 0 aliphatic carbocycles. The van der Waals surface area contributed by atoms with Crippen LogP contribution < -0.4 is 15.5 Å². The van der Waals surface area contributed by atoms with Gasteiger partial charge in [-0.3, -0.25) is 14.8 Å². The van der Waals surface area contributed by atoms with Crippen LogP contribution in [0.1, 0.15) is 52.0 Å². The van der Waals surface area contributed by atoms with Gasteiger partial charge in [-0.25, -0.2) is 23.4 Å². The number of carbonyl (C=O) groups is 3. The monoisotopic (exact) mass is 663 g/mol. The zero-order chi connectivity index (χ0) is 34.0. The van der Waals surface area contributed by atoms with Gasteiger partial charge in [-0.05, 0) is 53.7 Å². The van der Waals surface area contributed by atoms with E-state index in [-0.39, 0.29) is 22.2 Å². The number of hydrogen-bond acceptors (Lipinski definition) is 10. The molecule has 1 atom stereocenters. The summed E-state index contributed by atoms with van der Waals surface area (Å²) in [5.41, 5.74) is -1.96. The molecule has 4 rings (SSSR count). The number of hydrogen-bond donors (Lipinski definition) is 2. The van der Waals surface area contributed by atoms with Crippen LogP contribution in [0.4, 0.5) is 34.9 Å². The molecule has 46 heavy (non-hydrogen) atoms. The molecule has 1 unspecified atom stereocenters. The third kappa shape index (κ3) is 8.48. The van der Waals surface area contributed by atoms with E-state index >= 15 is 0 Å². The maximum atomic E-state index is 14.7. The first kappa shape index (κ1) is 34.6. The zero-order valence-corrected chi connectivity index (χ0v) is 27.9. The molecule has 16 heteroatoms. The molecule has 0 bridgehead atoms. The number of ether oxygens (including phenoxy) is 3. The topological polar surface area (TPSA) is 140 Å². The van der Waals surface area contributed by atoms with Crippen molar-refractivity contribution in [2.24, 2.45) is 7.05 Å². The second-order valence-electron chi connectivity index (χ2n) is 12.6. The molecule has 250 valence electrons. The van der Waals surface area contributed by atoms with Crippen molar-refractivity contribution in [3.8, 4) is 10.6 Å². The van der Waals surface area contributed by atoms with Gasteiger partial charge in [0.1, 0.15) is 38.5 Å². The van der Waals surface area contributed by atoms with E-state index in [4.69, 9.17) is 14.2 Å². The van der Waals surface area contributed by atoms with Crippen LogP contribution in [0.5, 0.6) is 0 Å². The number of carbonyl (C=O) groups excluding carboxylic acids is 3. The van der Waals surface area contributed by atoms with Crippen molar-refractivity contribution < 1.29 is 37.4 Å². The van der Waals surface area contributed by atoms with Crippen molar-refractivity contribution in [1.82, 2.24) is 19.7 Å². The standard InChI is InChI=1S/C30H39F2N7O6S/c1-29(2,3)44-27(41)36-25-22(35-24(46-25)21-18(31)10-9-11-19(21)32)23(40)34-20-14-33-37(7)26(20)38-12-13-39(16-17(15-38)43-8)28(42)45-30(4,5)6/h9-11,14,17H,12-13,15-16H2,1-8H3,(H,34,40)(H,36,41). The first-order chi connectivity index (χ1) is 21.5. The number of nitrogens with one attached hydrogen (secondary N) is 2. The number of halogens is 2. The SMILES string of the molecule is COC1CN(C(=O)OC(C)(C)C)CCN(c2c(NC(=O)c3nc(-c4c(F)cccc4F)sc3NC(=O)OC(C)(C)C)cnn2C)C1. The largest absolute Gasteiger partial charge is 0.444 e. The summed E-state index contributed by atoms with van der Waals surface area (Å²) in [5.74, 6) is -2.02. The summed E-state index contributed by atoms with van der Waals surface area (Å²) in [6, 6.07) is 3.35. The fraction of sp³-hybridized carbons (Fsp3) is 0.500. The molecule has 1 aliphatic rings. The molecule has 1 saturated heterocycles. The Balaban J connectivity index is 1.64. The summed E-state index contributed by atoms with van der Waals surface area (Å²) < 4.78 is 47.5. The maximum absolute atomic E-state index is 14.7. The lowest BCUT2D eigenvalue weighted by molar-refractivity contribution is 0.0137. The summed E-state index contributed by atoms with van der Waals surface area (Å²) in [4.78, 5) is 46.9. The van der Waals surface area contributed by atoms with Crippen molar-refractivity contribution in [2.45, 2.75) is 58.8 Å². The van der Waals surface area contributed by atoms with Gasteiger partial charge in [-0.15, -0.1) is 0 Å². The van der Waals surface area contributed by atoms with Crippen LogP contribution in [-0.2, 0) is 21.3 Å². The van der Waals surface area contributed by atoms with Crippen molar-refractivity contribution in [3.63, 3.8) is 0 Å². The number of aryl methyl sites for hydroxylation is 1. The molecule has 3 aromatic rings. The fourth-order valence-corrected chi connectivity index (χ4v) is 5.64. The Morgan fingerprint density at radius 3 is 2.24 bits per heavy atom. The molecule has 0 saturated carbocycles. The number of thiazole rings is 1. The van der Waals surface area contributed by atoms with Crippen molar-refractivity contribution in [1.29, 1.82) is 0 Å². The quantitative estimate of drug-likeness (QED) is 0.350. The molecular formula is C30H39F2N7O6S. The summed E-state index contributed by atoms with van der Waals surface area (Å²) in [6.45, 7) is 11.7. The average Bonchev–Trinajstić information content (AvgIpc) is 3.41. The van der Waals surface area contributed by atoms with Crippen LogP contribution in [0.2, 0.25) is 0 Å². The molecule has 0 radical (unpaired) electrons. The Labute approximate surface area is 269 Å². The van der Waals surface area contributed by atoms with Gasteiger partial charge in [0.15, 0.2) is 11.5 Å². The second-order valence-corrected chi connectivity index (χ2v) is 13.6. The summed E-state index contributed by atoms with van der Waals surface area (Å²) in [7, 11) is 3.24. The molecule has 13 nitrogen and oxygen atoms in total. The minimum atomic E-state index is -0.881. The number of amides is 3. The Kier molecular flexibility index (Phi) is 10.2. The number of methoxy groups -OCH3 is 1. The van der Waals surface area contributed by atoms with Crippen molar-refractivity contribution in [3.05, 3.63) is 41.7 Å². The minimum absolute atomic E-state index is 0.0722. The van der Waals surface area contributed by atoms with Gasteiger partial charge in [0.05, 0.1) is 24.4 Å². The first-order valence-electron chi connectivity index (χ1n) is 14.5. The second kappa shape index (κ2) is 13.6. The van der Waals surface area contributed by atoms with Crippen LogP contribution in [0.25, 0.3) is 10.6 Å². The number of rotatable bonds is 6. The van der Waals surface area contributed by atoms with Crippen LogP contribution in [-0.4, -0.2) is 88.4 Å². The van der Waals surface area contributed by atoms with E-state index < -0.39 is 52.6 Å². The van der Waals surface area contributed by atoms with E-state index in [1.165, 1.54) is 12.3 Å². The summed E-state index contributed by atoms with van der Waals surface area (Å²) in [5, 5.41) is 9.35. The predicted molar refractivity (Wildman–Crippen MR) is 169 cm³/mol. The Morgan fingerprint density at radius 1 is 0.978 bits per heavy atom. The number of nitrogens with zero attached hydrogens (tertiary/aromatic N) is 5. The van der Waals surface area contributed by atoms with Crippen molar-refractivity contribution in [2.75, 3.05) is 48.8 Å². The van der Waals surface area contributed by atoms with Gasteiger partial charge in [-0.2, -0.15) is 5.10 Å². The van der Waals surface area contributed by atoms with Gasteiger partial charge < -0.3 is 29.3 Å². The molecule has 1 aliphatic heterocycles. The van der Waals surface area contributed by atoms with Gasteiger partial charge >= 0.3 is 12.2 Å². The smallest absolute Gasteiger partial charge is 0.412 e. The maximum Gasteiger partial charge on any atom is 0.412 e. The minimum Gasteiger partial charge on any atom is -0.444 e. The molecule has 1 fully saturated rings. The number of anilines is 3. The lowest BCUT2D eigenvalue weighted by Crippen LogP contribution is -2.41. The van der Waals surface area contributed by atoms with Crippen molar-refractivity contribution >= 4 is 45.9 Å². The van der Waals surface area contributed by atoms with E-state index in [9.17, 15) is 23.2 Å². The normalized spacial score (nSPS) is 15.7. The summed E-state index contributed by atoms with van der Waals surface area (Å²) >= 11 is 0.723. The van der Waals surface area contributed by atoms with Crippen LogP contribution in [0.15, 0.2) is 24.4 Å². The molecule has 2 N–H and O–H groups in total. The average molecular weight is 664 g/mol. The highest BCUT2D eigenvalue weighted by Crippen LogP contribution is 2.36. The molecular weight excluding hydrogens is 624 g/mol. The number of aromatic nitrogens is 3. The lowest BCUT2D eigenvalue weighted by Gasteiger charge is -2.27. The third-order valence-corrected chi connectivity index (χ3v) is 7.55. The predicted octanol–water partition coefficient (Wildman–Crippen LogP) is 5.49. The van der Waals surface area contributed by atoms with Crippen LogP contribution >= 0.6 is 11.3 Å². The molecule has 3 amide bonds. The summed E-state index contributed by atoms with van der Waals surface area (Å²) in [6.07, 6.45) is -0.297. The van der Waals surface area contributed by atoms with E-state index in [2.05, 4.69) is 20.7 Å². The zero-order valence-electron chi connectivity index (χ0n) is 27.1. The van der Waals surface area contributed by atoms with E-state index in [0.717, 1.165) is 23.5 Å². The Hall–Kier alpha value is -4.31. The van der Waals surface area contributed by atoms with Gasteiger partial charge in [0, 0.05) is 33.8 Å². The number of benzene rings is 1. The van der Waals surface area contributed by atoms with E-state index in [0.29, 0.717) is 31.1 Å². The third-order valence-electron chi connectivity index (χ3n) is 6.56. The highest BCUT2D eigenvalue weighted by Gasteiger charge is 2.32. The molecule has 1 aromatic carbocycles. The lowest BCUT2D eigenvalue weighted by atomic mass is 10.2. The highest BCUT2D eigenvalue weighted by atomic mass is 32.1. The van der Waals surface area contributed by atoms with Crippen LogP contribution in [0.3, 0.4) is 0 Å². The van der Waals surface area contributed by atoms with E-state index in [1.54, 1.807) is 65.3 Å². The van der Waals surface area contributed by atoms with Gasteiger partial charge in [-0.1, -0.05) is 17.4 Å². The van der Waals surface area contributed by atoms with Gasteiger partial charge in [0.2, 0.25) is 0 Å². The molecule has 3 heterocycles. The van der Waals surface area contributed by atoms with Crippen LogP contribution in [0, 0.1) is 11.6 Å². The van der Waals surface area contributed by atoms with Gasteiger partial charge in [0.25, 0.3) is 5.91 Å². The van der Waals surface area contributed by atoms with E-state index in [1.807, 2.05) is 4.90 Å².